The second-order valence-corrected chi connectivity index (χ2v) is 5.24. The van der Waals surface area contributed by atoms with Crippen molar-refractivity contribution in [2.45, 2.75) is 0 Å². The zero-order valence-electron chi connectivity index (χ0n) is 9.08. The number of benzene rings is 2. The highest BCUT2D eigenvalue weighted by Crippen LogP contribution is 2.24. The summed E-state index contributed by atoms with van der Waals surface area (Å²) in [5.41, 5.74) is 0.589. The molecule has 0 unspecified atom stereocenters. The molecule has 0 bridgehead atoms. The molecule has 0 atom stereocenters. The van der Waals surface area contributed by atoms with Crippen LogP contribution in [0.15, 0.2) is 51.4 Å². The predicted molar refractivity (Wildman–Crippen MR) is 76.2 cm³/mol. The molecule has 0 aromatic heterocycles. The second-order valence-electron chi connectivity index (χ2n) is 3.53. The minimum Gasteiger partial charge on any atom is -0.321 e. The Hall–Kier alpha value is -1.20. The third-order valence-electron chi connectivity index (χ3n) is 2.31. The van der Waals surface area contributed by atoms with Crippen LogP contribution in [0.4, 0.5) is 10.1 Å². The van der Waals surface area contributed by atoms with Gasteiger partial charge in [0.1, 0.15) is 5.82 Å². The highest BCUT2D eigenvalue weighted by atomic mass is 79.9. The van der Waals surface area contributed by atoms with Crippen LogP contribution in [0.3, 0.4) is 0 Å². The summed E-state index contributed by atoms with van der Waals surface area (Å²) in [5, 5.41) is 2.65. The number of hydrogen-bond acceptors (Lipinski definition) is 1. The van der Waals surface area contributed by atoms with Crippen LogP contribution in [0.5, 0.6) is 0 Å². The predicted octanol–water partition coefficient (Wildman–Crippen LogP) is 4.60. The van der Waals surface area contributed by atoms with Gasteiger partial charge in [0.15, 0.2) is 0 Å². The minimum atomic E-state index is -0.561. The molecule has 2 aromatic carbocycles. The summed E-state index contributed by atoms with van der Waals surface area (Å²) in [6.45, 7) is 0. The molecule has 2 nitrogen and oxygen atoms in total. The maximum Gasteiger partial charge on any atom is 0.259 e. The minimum absolute atomic E-state index is 0.00625. The van der Waals surface area contributed by atoms with Gasteiger partial charge in [-0.3, -0.25) is 4.79 Å². The molecule has 0 saturated carbocycles. The maximum atomic E-state index is 13.6. The van der Waals surface area contributed by atoms with E-state index in [9.17, 15) is 9.18 Å². The highest BCUT2D eigenvalue weighted by molar-refractivity contribution is 9.11. The quantitative estimate of drug-likeness (QED) is 0.819. The Kier molecular flexibility index (Phi) is 4.14. The number of rotatable bonds is 2. The monoisotopic (exact) mass is 371 g/mol. The molecule has 1 N–H and O–H groups in total. The van der Waals surface area contributed by atoms with Crippen molar-refractivity contribution in [1.29, 1.82) is 0 Å². The van der Waals surface area contributed by atoms with Crippen LogP contribution >= 0.6 is 31.9 Å². The van der Waals surface area contributed by atoms with Crippen LogP contribution in [-0.2, 0) is 0 Å². The van der Waals surface area contributed by atoms with Crippen LogP contribution in [0.1, 0.15) is 10.4 Å². The second kappa shape index (κ2) is 5.63. The Bertz CT molecular complexity index is 581. The summed E-state index contributed by atoms with van der Waals surface area (Å²) in [7, 11) is 0. The maximum absolute atomic E-state index is 13.6. The number of carbonyl (C=O) groups excluding carboxylic acids is 1. The van der Waals surface area contributed by atoms with Crippen LogP contribution in [0, 0.1) is 5.82 Å². The smallest absolute Gasteiger partial charge is 0.259 e. The standard InChI is InChI=1S/C13H8Br2FNO/c14-8-4-1-2-7-11(8)17-13(18)12-9(15)5-3-6-10(12)16/h1-7H,(H,17,18). The number of amides is 1. The fraction of sp³-hybridized carbons (Fsp3) is 0. The molecule has 0 aliphatic rings. The van der Waals surface area contributed by atoms with Crippen molar-refractivity contribution in [1.82, 2.24) is 0 Å². The third-order valence-corrected chi connectivity index (χ3v) is 3.66. The Balaban J connectivity index is 2.31. The molecule has 0 spiro atoms. The van der Waals surface area contributed by atoms with Crippen molar-refractivity contribution in [3.8, 4) is 0 Å². The summed E-state index contributed by atoms with van der Waals surface area (Å²) in [4.78, 5) is 12.0. The molecule has 1 amide bonds. The van der Waals surface area contributed by atoms with E-state index in [1.54, 1.807) is 24.3 Å². The van der Waals surface area contributed by atoms with Crippen LogP contribution in [0.2, 0.25) is 0 Å². The van der Waals surface area contributed by atoms with Gasteiger partial charge >= 0.3 is 0 Å². The lowest BCUT2D eigenvalue weighted by molar-refractivity contribution is 0.102. The lowest BCUT2D eigenvalue weighted by atomic mass is 10.2. The molecule has 0 saturated heterocycles. The summed E-state index contributed by atoms with van der Waals surface area (Å²) in [6.07, 6.45) is 0. The summed E-state index contributed by atoms with van der Waals surface area (Å²) in [5.74, 6) is -1.05. The molecule has 0 aliphatic carbocycles. The Morgan fingerprint density at radius 3 is 2.33 bits per heavy atom. The molecular weight excluding hydrogens is 365 g/mol. The number of nitrogens with one attached hydrogen (secondary N) is 1. The highest BCUT2D eigenvalue weighted by Gasteiger charge is 2.16. The van der Waals surface area contributed by atoms with Crippen molar-refractivity contribution < 1.29 is 9.18 Å². The Morgan fingerprint density at radius 1 is 1.00 bits per heavy atom. The van der Waals surface area contributed by atoms with E-state index in [4.69, 9.17) is 0 Å². The van der Waals surface area contributed by atoms with Crippen molar-refractivity contribution in [3.05, 3.63) is 62.8 Å². The van der Waals surface area contributed by atoms with E-state index in [-0.39, 0.29) is 5.56 Å². The molecule has 2 rings (SSSR count). The number of anilines is 1. The summed E-state index contributed by atoms with van der Waals surface area (Å²) < 4.78 is 14.8. The fourth-order valence-electron chi connectivity index (χ4n) is 1.46. The van der Waals surface area contributed by atoms with Gasteiger partial charge in [0.2, 0.25) is 0 Å². The van der Waals surface area contributed by atoms with Crippen molar-refractivity contribution in [2.75, 3.05) is 5.32 Å². The molecule has 0 fully saturated rings. The van der Waals surface area contributed by atoms with Gasteiger partial charge in [0.05, 0.1) is 11.3 Å². The topological polar surface area (TPSA) is 29.1 Å². The first-order chi connectivity index (χ1) is 8.59. The van der Waals surface area contributed by atoms with E-state index in [2.05, 4.69) is 37.2 Å². The summed E-state index contributed by atoms with van der Waals surface area (Å²) >= 11 is 6.48. The van der Waals surface area contributed by atoms with Gasteiger partial charge in [0, 0.05) is 8.95 Å². The third kappa shape index (κ3) is 2.79. The van der Waals surface area contributed by atoms with E-state index in [1.165, 1.54) is 12.1 Å². The van der Waals surface area contributed by atoms with Crippen molar-refractivity contribution in [2.24, 2.45) is 0 Å². The van der Waals surface area contributed by atoms with Crippen LogP contribution < -0.4 is 5.32 Å². The van der Waals surface area contributed by atoms with Gasteiger partial charge < -0.3 is 5.32 Å². The van der Waals surface area contributed by atoms with Gasteiger partial charge in [-0.2, -0.15) is 0 Å². The zero-order chi connectivity index (χ0) is 13.1. The number of hydrogen-bond donors (Lipinski definition) is 1. The Morgan fingerprint density at radius 2 is 1.67 bits per heavy atom. The van der Waals surface area contributed by atoms with E-state index < -0.39 is 11.7 Å². The van der Waals surface area contributed by atoms with Crippen LogP contribution in [-0.4, -0.2) is 5.91 Å². The van der Waals surface area contributed by atoms with Crippen molar-refractivity contribution in [3.63, 3.8) is 0 Å². The molecule has 0 heterocycles. The Labute approximate surface area is 120 Å². The van der Waals surface area contributed by atoms with Gasteiger partial charge in [-0.25, -0.2) is 4.39 Å². The van der Waals surface area contributed by atoms with Gasteiger partial charge in [-0.15, -0.1) is 0 Å². The van der Waals surface area contributed by atoms with Gasteiger partial charge in [0.25, 0.3) is 5.91 Å². The lowest BCUT2D eigenvalue weighted by Crippen LogP contribution is -2.14. The molecule has 2 aromatic rings. The lowest BCUT2D eigenvalue weighted by Gasteiger charge is -2.09. The van der Waals surface area contributed by atoms with Gasteiger partial charge in [-0.1, -0.05) is 18.2 Å². The average Bonchev–Trinajstić information content (AvgIpc) is 2.32. The van der Waals surface area contributed by atoms with E-state index in [0.29, 0.717) is 10.2 Å². The first-order valence-electron chi connectivity index (χ1n) is 5.09. The molecule has 0 radical (unpaired) electrons. The molecule has 0 aliphatic heterocycles. The molecule has 18 heavy (non-hydrogen) atoms. The number of halogens is 3. The summed E-state index contributed by atoms with van der Waals surface area (Å²) in [6, 6.07) is 11.6. The van der Waals surface area contributed by atoms with E-state index in [1.807, 2.05) is 6.07 Å². The molecule has 92 valence electrons. The van der Waals surface area contributed by atoms with E-state index in [0.717, 1.165) is 4.47 Å². The van der Waals surface area contributed by atoms with Crippen LogP contribution in [0.25, 0.3) is 0 Å². The first kappa shape index (κ1) is 13.2. The first-order valence-corrected chi connectivity index (χ1v) is 6.68. The molecule has 5 heteroatoms. The van der Waals surface area contributed by atoms with E-state index >= 15 is 0 Å². The largest absolute Gasteiger partial charge is 0.321 e. The number of para-hydroxylation sites is 1. The average molecular weight is 373 g/mol. The zero-order valence-corrected chi connectivity index (χ0v) is 12.3. The van der Waals surface area contributed by atoms with Crippen molar-refractivity contribution >= 4 is 43.5 Å². The normalized spacial score (nSPS) is 10.2. The molecular formula is C13H8Br2FNO. The number of carbonyl (C=O) groups is 1. The fourth-order valence-corrected chi connectivity index (χ4v) is 2.37. The SMILES string of the molecule is O=C(Nc1ccccc1Br)c1c(F)cccc1Br. The van der Waals surface area contributed by atoms with Gasteiger partial charge in [-0.05, 0) is 56.1 Å².